The molecule has 0 aliphatic heterocycles. The van der Waals surface area contributed by atoms with Gasteiger partial charge in [-0.2, -0.15) is 11.8 Å². The van der Waals surface area contributed by atoms with Crippen molar-refractivity contribution in [2.24, 2.45) is 5.73 Å². The number of amides is 1. The molecule has 23 heavy (non-hydrogen) atoms. The summed E-state index contributed by atoms with van der Waals surface area (Å²) in [6.45, 7) is 1.73. The van der Waals surface area contributed by atoms with Gasteiger partial charge in [0.15, 0.2) is 0 Å². The first-order valence-corrected chi connectivity index (χ1v) is 10.4. The van der Waals surface area contributed by atoms with Crippen molar-refractivity contribution in [1.29, 1.82) is 0 Å². The number of benzene rings is 1. The third kappa shape index (κ3) is 5.20. The van der Waals surface area contributed by atoms with E-state index in [2.05, 4.69) is 10.0 Å². The SMILES string of the molecule is CSCC[C@H](N)C(=O)Nc1ccc(C)c(S(=O)(=O)NC2CC2)c1. The van der Waals surface area contributed by atoms with Crippen LogP contribution in [0.4, 0.5) is 5.69 Å². The molecule has 1 fully saturated rings. The molecule has 0 heterocycles. The number of nitrogens with two attached hydrogens (primary N) is 1. The van der Waals surface area contributed by atoms with Crippen LogP contribution in [-0.2, 0) is 14.8 Å². The van der Waals surface area contributed by atoms with E-state index >= 15 is 0 Å². The highest BCUT2D eigenvalue weighted by molar-refractivity contribution is 7.98. The molecule has 2 rings (SSSR count). The minimum atomic E-state index is -3.56. The van der Waals surface area contributed by atoms with E-state index in [9.17, 15) is 13.2 Å². The number of carbonyl (C=O) groups is 1. The Hall–Kier alpha value is -1.09. The highest BCUT2D eigenvalue weighted by Gasteiger charge is 2.29. The Morgan fingerprint density at radius 1 is 1.43 bits per heavy atom. The van der Waals surface area contributed by atoms with E-state index in [1.54, 1.807) is 30.8 Å². The minimum Gasteiger partial charge on any atom is -0.325 e. The molecule has 1 aromatic rings. The van der Waals surface area contributed by atoms with Gasteiger partial charge in [0.2, 0.25) is 15.9 Å². The maximum atomic E-state index is 12.4. The molecule has 6 nitrogen and oxygen atoms in total. The van der Waals surface area contributed by atoms with Crippen molar-refractivity contribution in [1.82, 2.24) is 4.72 Å². The summed E-state index contributed by atoms with van der Waals surface area (Å²) >= 11 is 1.63. The van der Waals surface area contributed by atoms with Gasteiger partial charge in [-0.1, -0.05) is 6.07 Å². The summed E-state index contributed by atoms with van der Waals surface area (Å²) in [5.74, 6) is 0.495. The average Bonchev–Trinajstić information content (AvgIpc) is 3.29. The number of carbonyl (C=O) groups excluding carboxylic acids is 1. The second kappa shape index (κ2) is 7.65. The van der Waals surface area contributed by atoms with Gasteiger partial charge in [-0.3, -0.25) is 4.79 Å². The van der Waals surface area contributed by atoms with E-state index in [4.69, 9.17) is 5.73 Å². The Kier molecular flexibility index (Phi) is 6.07. The highest BCUT2D eigenvalue weighted by Crippen LogP contribution is 2.25. The fraction of sp³-hybridized carbons (Fsp3) is 0.533. The molecule has 1 amide bonds. The van der Waals surface area contributed by atoms with E-state index in [0.29, 0.717) is 17.7 Å². The quantitative estimate of drug-likeness (QED) is 0.654. The van der Waals surface area contributed by atoms with Gasteiger partial charge >= 0.3 is 0 Å². The number of nitrogens with one attached hydrogen (secondary N) is 2. The van der Waals surface area contributed by atoms with Gasteiger partial charge in [0.1, 0.15) is 0 Å². The fourth-order valence-corrected chi connectivity index (χ4v) is 4.13. The molecule has 0 aromatic heterocycles. The van der Waals surface area contributed by atoms with Gasteiger partial charge in [0, 0.05) is 11.7 Å². The molecule has 0 radical (unpaired) electrons. The molecule has 0 bridgehead atoms. The molecule has 1 aliphatic rings. The number of aryl methyl sites for hydroxylation is 1. The summed E-state index contributed by atoms with van der Waals surface area (Å²) in [6, 6.07) is 4.29. The fourth-order valence-electron chi connectivity index (χ4n) is 2.06. The van der Waals surface area contributed by atoms with Crippen molar-refractivity contribution in [2.45, 2.75) is 43.2 Å². The second-order valence-electron chi connectivity index (χ2n) is 5.75. The minimum absolute atomic E-state index is 0.0395. The van der Waals surface area contributed by atoms with E-state index < -0.39 is 16.1 Å². The Morgan fingerprint density at radius 2 is 2.13 bits per heavy atom. The normalized spacial score (nSPS) is 16.1. The molecule has 0 saturated heterocycles. The summed E-state index contributed by atoms with van der Waals surface area (Å²) in [4.78, 5) is 12.2. The van der Waals surface area contributed by atoms with Crippen molar-refractivity contribution in [3.63, 3.8) is 0 Å². The lowest BCUT2D eigenvalue weighted by molar-refractivity contribution is -0.117. The number of anilines is 1. The number of hydrogen-bond donors (Lipinski definition) is 3. The van der Waals surface area contributed by atoms with Crippen LogP contribution in [0.1, 0.15) is 24.8 Å². The summed E-state index contributed by atoms with van der Waals surface area (Å²) < 4.78 is 27.4. The van der Waals surface area contributed by atoms with Gasteiger partial charge in [-0.05, 0) is 55.9 Å². The average molecular weight is 358 g/mol. The summed E-state index contributed by atoms with van der Waals surface area (Å²) in [5, 5.41) is 2.69. The molecule has 0 spiro atoms. The molecule has 1 saturated carbocycles. The lowest BCUT2D eigenvalue weighted by Crippen LogP contribution is -2.36. The number of rotatable bonds is 8. The van der Waals surface area contributed by atoms with E-state index in [-0.39, 0.29) is 16.8 Å². The first kappa shape index (κ1) is 18.3. The summed E-state index contributed by atoms with van der Waals surface area (Å²) in [5.41, 5.74) is 6.91. The molecule has 4 N–H and O–H groups in total. The Bertz CT molecular complexity index is 673. The Labute approximate surface area is 141 Å². The highest BCUT2D eigenvalue weighted by atomic mass is 32.2. The first-order chi connectivity index (χ1) is 10.8. The maximum absolute atomic E-state index is 12.4. The lowest BCUT2D eigenvalue weighted by Gasteiger charge is -2.14. The first-order valence-electron chi connectivity index (χ1n) is 7.52. The van der Waals surface area contributed by atoms with Crippen molar-refractivity contribution in [2.75, 3.05) is 17.3 Å². The topological polar surface area (TPSA) is 101 Å². The molecular formula is C15H23N3O3S2. The van der Waals surface area contributed by atoms with Crippen LogP contribution < -0.4 is 15.8 Å². The second-order valence-corrected chi connectivity index (χ2v) is 8.42. The van der Waals surface area contributed by atoms with Gasteiger partial charge in [0.25, 0.3) is 0 Å². The monoisotopic (exact) mass is 357 g/mol. The number of sulfonamides is 1. The molecule has 1 atom stereocenters. The molecule has 1 aromatic carbocycles. The van der Waals surface area contributed by atoms with Crippen LogP contribution in [-0.4, -0.2) is 38.4 Å². The van der Waals surface area contributed by atoms with Crippen molar-refractivity contribution < 1.29 is 13.2 Å². The smallest absolute Gasteiger partial charge is 0.241 e. The van der Waals surface area contributed by atoms with Crippen LogP contribution in [0, 0.1) is 6.92 Å². The summed E-state index contributed by atoms with van der Waals surface area (Å²) in [6.07, 6.45) is 4.28. The zero-order chi connectivity index (χ0) is 17.0. The van der Waals surface area contributed by atoms with Gasteiger partial charge < -0.3 is 11.1 Å². The van der Waals surface area contributed by atoms with E-state index in [0.717, 1.165) is 18.6 Å². The third-order valence-corrected chi connectivity index (χ3v) is 5.92. The van der Waals surface area contributed by atoms with Gasteiger partial charge in [-0.25, -0.2) is 13.1 Å². The molecule has 128 valence electrons. The van der Waals surface area contributed by atoms with Crippen LogP contribution >= 0.6 is 11.8 Å². The van der Waals surface area contributed by atoms with Crippen LogP contribution in [0.5, 0.6) is 0 Å². The van der Waals surface area contributed by atoms with Gasteiger partial charge in [-0.15, -0.1) is 0 Å². The number of hydrogen-bond acceptors (Lipinski definition) is 5. The van der Waals surface area contributed by atoms with Crippen molar-refractivity contribution >= 4 is 33.4 Å². The van der Waals surface area contributed by atoms with Crippen LogP contribution in [0.15, 0.2) is 23.1 Å². The van der Waals surface area contributed by atoms with Crippen molar-refractivity contribution in [3.05, 3.63) is 23.8 Å². The van der Waals surface area contributed by atoms with Gasteiger partial charge in [0.05, 0.1) is 10.9 Å². The van der Waals surface area contributed by atoms with Crippen molar-refractivity contribution in [3.8, 4) is 0 Å². The summed E-state index contributed by atoms with van der Waals surface area (Å²) in [7, 11) is -3.56. The molecular weight excluding hydrogens is 334 g/mol. The largest absolute Gasteiger partial charge is 0.325 e. The van der Waals surface area contributed by atoms with Crippen LogP contribution in [0.3, 0.4) is 0 Å². The molecule has 8 heteroatoms. The van der Waals surface area contributed by atoms with Crippen LogP contribution in [0.25, 0.3) is 0 Å². The standard InChI is InChI=1S/C15H23N3O3S2/c1-10-3-4-12(17-15(19)13(16)7-8-22-2)9-14(10)23(20,21)18-11-5-6-11/h3-4,9,11,13,18H,5-8,16H2,1-2H3,(H,17,19)/t13-/m0/s1. The van der Waals surface area contributed by atoms with E-state index in [1.165, 1.54) is 6.07 Å². The Morgan fingerprint density at radius 3 is 2.74 bits per heavy atom. The number of thioether (sulfide) groups is 1. The van der Waals surface area contributed by atoms with Crippen LogP contribution in [0.2, 0.25) is 0 Å². The maximum Gasteiger partial charge on any atom is 0.241 e. The predicted molar refractivity (Wildman–Crippen MR) is 94.1 cm³/mol. The molecule has 0 unspecified atom stereocenters. The predicted octanol–water partition coefficient (Wildman–Crippen LogP) is 1.45. The third-order valence-electron chi connectivity index (χ3n) is 3.61. The zero-order valence-electron chi connectivity index (χ0n) is 13.3. The lowest BCUT2D eigenvalue weighted by atomic mass is 10.2. The zero-order valence-corrected chi connectivity index (χ0v) is 15.0. The molecule has 1 aliphatic carbocycles. The van der Waals surface area contributed by atoms with E-state index in [1.807, 2.05) is 6.26 Å². The Balaban J connectivity index is 2.12.